The minimum atomic E-state index is -0.415. The van der Waals surface area contributed by atoms with Crippen molar-refractivity contribution in [1.29, 1.82) is 0 Å². The topological polar surface area (TPSA) is 26.0 Å². The highest BCUT2D eigenvalue weighted by Crippen LogP contribution is 2.23. The molecule has 106 valence electrons. The molecule has 1 atom stereocenters. The summed E-state index contributed by atoms with van der Waals surface area (Å²) in [6.45, 7) is 0.463. The van der Waals surface area contributed by atoms with Gasteiger partial charge in [-0.25, -0.2) is 8.78 Å². The molecule has 0 heterocycles. The number of hydrogen-bond acceptors (Lipinski definition) is 1. The van der Waals surface area contributed by atoms with Crippen LogP contribution in [-0.2, 0) is 12.8 Å². The molecule has 2 N–H and O–H groups in total. The Bertz CT molecular complexity index is 569. The van der Waals surface area contributed by atoms with Gasteiger partial charge in [0.25, 0.3) is 0 Å². The molecule has 4 heteroatoms. The van der Waals surface area contributed by atoms with Crippen LogP contribution >= 0.6 is 11.6 Å². The second-order valence-electron chi connectivity index (χ2n) is 4.85. The fourth-order valence-corrected chi connectivity index (χ4v) is 2.41. The first kappa shape index (κ1) is 14.9. The van der Waals surface area contributed by atoms with E-state index in [9.17, 15) is 8.78 Å². The first-order chi connectivity index (χ1) is 9.60. The van der Waals surface area contributed by atoms with E-state index >= 15 is 0 Å². The van der Waals surface area contributed by atoms with Crippen molar-refractivity contribution in [2.75, 3.05) is 6.54 Å². The van der Waals surface area contributed by atoms with Crippen molar-refractivity contribution in [2.24, 2.45) is 11.7 Å². The van der Waals surface area contributed by atoms with Gasteiger partial charge in [-0.15, -0.1) is 0 Å². The molecule has 20 heavy (non-hydrogen) atoms. The summed E-state index contributed by atoms with van der Waals surface area (Å²) in [4.78, 5) is 0. The Balaban J connectivity index is 2.09. The smallest absolute Gasteiger partial charge is 0.142 e. The highest BCUT2D eigenvalue weighted by atomic mass is 35.5. The van der Waals surface area contributed by atoms with Gasteiger partial charge in [0.1, 0.15) is 11.6 Å². The summed E-state index contributed by atoms with van der Waals surface area (Å²) in [5.74, 6) is -0.535. The molecule has 0 amide bonds. The number of hydrogen-bond donors (Lipinski definition) is 1. The van der Waals surface area contributed by atoms with Gasteiger partial charge in [-0.1, -0.05) is 35.9 Å². The highest BCUT2D eigenvalue weighted by Gasteiger charge is 2.13. The van der Waals surface area contributed by atoms with Crippen LogP contribution in [0.1, 0.15) is 11.1 Å². The molecule has 0 saturated heterocycles. The van der Waals surface area contributed by atoms with Crippen molar-refractivity contribution in [3.05, 3.63) is 70.2 Å². The summed E-state index contributed by atoms with van der Waals surface area (Å²) < 4.78 is 26.3. The van der Waals surface area contributed by atoms with Gasteiger partial charge in [-0.05, 0) is 54.6 Å². The van der Waals surface area contributed by atoms with E-state index in [1.54, 1.807) is 24.3 Å². The zero-order valence-corrected chi connectivity index (χ0v) is 11.7. The molecule has 0 radical (unpaired) electrons. The first-order valence-corrected chi connectivity index (χ1v) is 6.85. The number of rotatable bonds is 5. The van der Waals surface area contributed by atoms with Crippen LogP contribution in [0.25, 0.3) is 0 Å². The van der Waals surface area contributed by atoms with E-state index in [4.69, 9.17) is 17.3 Å². The summed E-state index contributed by atoms with van der Waals surface area (Å²) in [5, 5.41) is 0.157. The van der Waals surface area contributed by atoms with Crippen LogP contribution in [0.5, 0.6) is 0 Å². The molecule has 0 aliphatic heterocycles. The number of nitrogens with two attached hydrogens (primary N) is 1. The maximum atomic E-state index is 13.4. The monoisotopic (exact) mass is 295 g/mol. The van der Waals surface area contributed by atoms with Crippen molar-refractivity contribution in [3.63, 3.8) is 0 Å². The minimum absolute atomic E-state index is 0.139. The maximum Gasteiger partial charge on any atom is 0.142 e. The van der Waals surface area contributed by atoms with Gasteiger partial charge in [-0.3, -0.25) is 0 Å². The summed E-state index contributed by atoms with van der Waals surface area (Å²) in [6, 6.07) is 11.1. The Morgan fingerprint density at radius 2 is 1.70 bits per heavy atom. The van der Waals surface area contributed by atoms with Crippen LogP contribution < -0.4 is 5.73 Å². The Hall–Kier alpha value is -1.45. The Labute approximate surface area is 122 Å². The number of halogens is 3. The molecule has 0 saturated carbocycles. The van der Waals surface area contributed by atoms with Crippen molar-refractivity contribution < 1.29 is 8.78 Å². The third-order valence-corrected chi connectivity index (χ3v) is 3.73. The number of benzene rings is 2. The fourth-order valence-electron chi connectivity index (χ4n) is 2.21. The lowest BCUT2D eigenvalue weighted by molar-refractivity contribution is 0.529. The second-order valence-corrected chi connectivity index (χ2v) is 5.23. The van der Waals surface area contributed by atoms with Gasteiger partial charge in [0, 0.05) is 0 Å². The van der Waals surface area contributed by atoms with Crippen LogP contribution in [0.4, 0.5) is 8.78 Å². The van der Waals surface area contributed by atoms with Crippen molar-refractivity contribution in [1.82, 2.24) is 0 Å². The molecule has 0 aliphatic rings. The van der Waals surface area contributed by atoms with E-state index in [1.165, 1.54) is 18.2 Å². The standard InChI is InChI=1S/C16H16ClF2N/c17-16-13(2-1-3-15(16)19)9-12(10-20)8-11-4-6-14(18)7-5-11/h1-7,12H,8-10,20H2. The zero-order valence-electron chi connectivity index (χ0n) is 11.0. The molecule has 2 aromatic rings. The van der Waals surface area contributed by atoms with Gasteiger partial charge < -0.3 is 5.73 Å². The zero-order chi connectivity index (χ0) is 14.5. The molecular weight excluding hydrogens is 280 g/mol. The van der Waals surface area contributed by atoms with Crippen molar-refractivity contribution in [3.8, 4) is 0 Å². The average Bonchev–Trinajstić information content (AvgIpc) is 2.45. The summed E-state index contributed by atoms with van der Waals surface area (Å²) in [6.07, 6.45) is 1.31. The molecule has 1 unspecified atom stereocenters. The van der Waals surface area contributed by atoms with Gasteiger partial charge >= 0.3 is 0 Å². The lowest BCUT2D eigenvalue weighted by Gasteiger charge is -2.16. The minimum Gasteiger partial charge on any atom is -0.330 e. The van der Waals surface area contributed by atoms with Gasteiger partial charge in [0.15, 0.2) is 0 Å². The predicted octanol–water partition coefficient (Wildman–Crippen LogP) is 3.98. The van der Waals surface area contributed by atoms with E-state index in [-0.39, 0.29) is 16.8 Å². The lowest BCUT2D eigenvalue weighted by Crippen LogP contribution is -2.19. The largest absolute Gasteiger partial charge is 0.330 e. The Kier molecular flexibility index (Phi) is 5.10. The maximum absolute atomic E-state index is 13.4. The van der Waals surface area contributed by atoms with E-state index in [2.05, 4.69) is 0 Å². The molecule has 0 fully saturated rings. The second kappa shape index (κ2) is 6.82. The molecule has 0 spiro atoms. The van der Waals surface area contributed by atoms with Crippen molar-refractivity contribution in [2.45, 2.75) is 12.8 Å². The molecular formula is C16H16ClF2N. The third kappa shape index (κ3) is 3.78. The van der Waals surface area contributed by atoms with Gasteiger partial charge in [-0.2, -0.15) is 0 Å². The van der Waals surface area contributed by atoms with Gasteiger partial charge in [0.05, 0.1) is 5.02 Å². The summed E-state index contributed by atoms with van der Waals surface area (Å²) in [5.41, 5.74) is 7.54. The molecule has 0 bridgehead atoms. The normalized spacial score (nSPS) is 12.4. The Morgan fingerprint density at radius 1 is 1.00 bits per heavy atom. The van der Waals surface area contributed by atoms with E-state index in [1.807, 2.05) is 0 Å². The third-order valence-electron chi connectivity index (χ3n) is 3.31. The first-order valence-electron chi connectivity index (χ1n) is 6.47. The van der Waals surface area contributed by atoms with Crippen LogP contribution in [0.2, 0.25) is 5.02 Å². The Morgan fingerprint density at radius 3 is 2.35 bits per heavy atom. The fraction of sp³-hybridized carbons (Fsp3) is 0.250. The lowest BCUT2D eigenvalue weighted by atomic mass is 9.92. The SMILES string of the molecule is NCC(Cc1ccc(F)cc1)Cc1cccc(F)c1Cl. The molecule has 2 rings (SSSR count). The van der Waals surface area contributed by atoms with Crippen LogP contribution in [0, 0.1) is 17.6 Å². The van der Waals surface area contributed by atoms with Crippen LogP contribution in [0.3, 0.4) is 0 Å². The van der Waals surface area contributed by atoms with E-state index in [0.717, 1.165) is 11.1 Å². The van der Waals surface area contributed by atoms with E-state index < -0.39 is 5.82 Å². The van der Waals surface area contributed by atoms with Crippen LogP contribution in [0.15, 0.2) is 42.5 Å². The summed E-state index contributed by atoms with van der Waals surface area (Å²) >= 11 is 5.95. The van der Waals surface area contributed by atoms with E-state index in [0.29, 0.717) is 19.4 Å². The molecule has 0 aliphatic carbocycles. The summed E-state index contributed by atoms with van der Waals surface area (Å²) in [7, 11) is 0. The van der Waals surface area contributed by atoms with Crippen LogP contribution in [-0.4, -0.2) is 6.54 Å². The average molecular weight is 296 g/mol. The molecule has 0 aromatic heterocycles. The highest BCUT2D eigenvalue weighted by molar-refractivity contribution is 6.31. The van der Waals surface area contributed by atoms with Gasteiger partial charge in [0.2, 0.25) is 0 Å². The predicted molar refractivity (Wildman–Crippen MR) is 77.8 cm³/mol. The molecule has 2 aromatic carbocycles. The van der Waals surface area contributed by atoms with Crippen molar-refractivity contribution >= 4 is 11.6 Å². The molecule has 1 nitrogen and oxygen atoms in total. The quantitative estimate of drug-likeness (QED) is 0.887.